The number of hydrogen-bond acceptors (Lipinski definition) is 4. The molecule has 2 rings (SSSR count). The molecule has 0 heterocycles. The third kappa shape index (κ3) is 7.49. The molecule has 0 aliphatic carbocycles. The lowest BCUT2D eigenvalue weighted by molar-refractivity contribution is -0.126. The zero-order valence-corrected chi connectivity index (χ0v) is 15.9. The van der Waals surface area contributed by atoms with E-state index < -0.39 is 0 Å². The molecule has 0 aromatic heterocycles. The molecular formula is C21H25N3O4. The number of benzene rings is 2. The molecule has 0 bridgehead atoms. The van der Waals surface area contributed by atoms with E-state index in [1.807, 2.05) is 30.3 Å². The number of ether oxygens (including phenoxy) is 1. The standard InChI is InChI=1S/C21H25N3O4/c1-28-18-11-9-16(10-12-18)14-23-20(26)15-24-19(25)8-5-13-22-21(27)17-6-3-2-4-7-17/h2-4,6-7,9-12H,5,8,13-15H2,1H3,(H,22,27)(H,23,26)(H,24,25). The topological polar surface area (TPSA) is 96.5 Å². The summed E-state index contributed by atoms with van der Waals surface area (Å²) in [6.07, 6.45) is 0.735. The molecule has 7 heteroatoms. The highest BCUT2D eigenvalue weighted by Gasteiger charge is 2.07. The largest absolute Gasteiger partial charge is 0.497 e. The number of hydrogen-bond donors (Lipinski definition) is 3. The second kappa shape index (κ2) is 11.4. The van der Waals surface area contributed by atoms with Gasteiger partial charge < -0.3 is 20.7 Å². The maximum absolute atomic E-state index is 11.9. The van der Waals surface area contributed by atoms with Gasteiger partial charge in [0.2, 0.25) is 11.8 Å². The second-order valence-electron chi connectivity index (χ2n) is 6.13. The molecule has 0 saturated carbocycles. The van der Waals surface area contributed by atoms with Gasteiger partial charge in [-0.3, -0.25) is 14.4 Å². The molecule has 0 fully saturated rings. The van der Waals surface area contributed by atoms with Crippen molar-refractivity contribution in [3.63, 3.8) is 0 Å². The van der Waals surface area contributed by atoms with Crippen LogP contribution in [0.3, 0.4) is 0 Å². The van der Waals surface area contributed by atoms with Crippen LogP contribution in [0.4, 0.5) is 0 Å². The maximum atomic E-state index is 11.9. The second-order valence-corrected chi connectivity index (χ2v) is 6.13. The number of rotatable bonds is 10. The number of carbonyl (C=O) groups excluding carboxylic acids is 3. The lowest BCUT2D eigenvalue weighted by atomic mass is 10.2. The zero-order chi connectivity index (χ0) is 20.2. The van der Waals surface area contributed by atoms with E-state index in [1.165, 1.54) is 0 Å². The summed E-state index contributed by atoms with van der Waals surface area (Å²) in [4.78, 5) is 35.5. The molecule has 3 N–H and O–H groups in total. The molecule has 0 atom stereocenters. The van der Waals surface area contributed by atoms with E-state index in [9.17, 15) is 14.4 Å². The van der Waals surface area contributed by atoms with Gasteiger partial charge in [-0.25, -0.2) is 0 Å². The summed E-state index contributed by atoms with van der Waals surface area (Å²) in [5, 5.41) is 8.07. The van der Waals surface area contributed by atoms with Crippen LogP contribution in [-0.4, -0.2) is 37.9 Å². The first kappa shape index (κ1) is 21.0. The van der Waals surface area contributed by atoms with Crippen molar-refractivity contribution in [2.24, 2.45) is 0 Å². The smallest absolute Gasteiger partial charge is 0.251 e. The molecule has 0 aliphatic rings. The van der Waals surface area contributed by atoms with Crippen LogP contribution in [-0.2, 0) is 16.1 Å². The molecule has 3 amide bonds. The third-order valence-electron chi connectivity index (χ3n) is 4.00. The van der Waals surface area contributed by atoms with E-state index in [1.54, 1.807) is 31.4 Å². The monoisotopic (exact) mass is 383 g/mol. The predicted octanol–water partition coefficient (Wildman–Crippen LogP) is 1.64. The van der Waals surface area contributed by atoms with Crippen LogP contribution in [0.1, 0.15) is 28.8 Å². The van der Waals surface area contributed by atoms with Gasteiger partial charge in [-0.1, -0.05) is 30.3 Å². The Bertz CT molecular complexity index is 776. The summed E-state index contributed by atoms with van der Waals surface area (Å²) in [5.41, 5.74) is 1.52. The molecular weight excluding hydrogens is 358 g/mol. The first-order valence-corrected chi connectivity index (χ1v) is 9.08. The van der Waals surface area contributed by atoms with Crippen LogP contribution in [0.2, 0.25) is 0 Å². The molecule has 0 aliphatic heterocycles. The fourth-order valence-electron chi connectivity index (χ4n) is 2.42. The van der Waals surface area contributed by atoms with E-state index >= 15 is 0 Å². The van der Waals surface area contributed by atoms with E-state index in [0.717, 1.165) is 11.3 Å². The molecule has 2 aromatic rings. The van der Waals surface area contributed by atoms with Crippen molar-refractivity contribution in [2.75, 3.05) is 20.2 Å². The average Bonchev–Trinajstić information content (AvgIpc) is 2.74. The molecule has 0 saturated heterocycles. The highest BCUT2D eigenvalue weighted by molar-refractivity contribution is 5.94. The minimum atomic E-state index is -0.262. The van der Waals surface area contributed by atoms with Gasteiger partial charge in [-0.2, -0.15) is 0 Å². The van der Waals surface area contributed by atoms with Crippen molar-refractivity contribution in [3.05, 3.63) is 65.7 Å². The molecule has 0 spiro atoms. The Morgan fingerprint density at radius 3 is 2.25 bits per heavy atom. The summed E-state index contributed by atoms with van der Waals surface area (Å²) in [5.74, 6) is 0.0938. The molecule has 0 radical (unpaired) electrons. The Kier molecular flexibility index (Phi) is 8.52. The van der Waals surface area contributed by atoms with Crippen LogP contribution >= 0.6 is 0 Å². The number of amides is 3. The summed E-state index contributed by atoms with van der Waals surface area (Å²) in [7, 11) is 1.59. The van der Waals surface area contributed by atoms with Gasteiger partial charge >= 0.3 is 0 Å². The van der Waals surface area contributed by atoms with Crippen LogP contribution in [0.5, 0.6) is 5.75 Å². The Balaban J connectivity index is 1.56. The van der Waals surface area contributed by atoms with E-state index in [4.69, 9.17) is 4.74 Å². The summed E-state index contributed by atoms with van der Waals surface area (Å²) in [6, 6.07) is 16.3. The van der Waals surface area contributed by atoms with E-state index in [2.05, 4.69) is 16.0 Å². The van der Waals surface area contributed by atoms with Crippen LogP contribution in [0.15, 0.2) is 54.6 Å². The average molecular weight is 383 g/mol. The Labute approximate surface area is 164 Å². The molecule has 28 heavy (non-hydrogen) atoms. The van der Waals surface area contributed by atoms with E-state index in [-0.39, 0.29) is 30.7 Å². The zero-order valence-electron chi connectivity index (χ0n) is 15.9. The van der Waals surface area contributed by atoms with Crippen molar-refractivity contribution in [1.82, 2.24) is 16.0 Å². The minimum Gasteiger partial charge on any atom is -0.497 e. The quantitative estimate of drug-likeness (QED) is 0.544. The number of methoxy groups -OCH3 is 1. The molecule has 148 valence electrons. The Morgan fingerprint density at radius 2 is 1.57 bits per heavy atom. The SMILES string of the molecule is COc1ccc(CNC(=O)CNC(=O)CCCNC(=O)c2ccccc2)cc1. The first-order valence-electron chi connectivity index (χ1n) is 9.08. The van der Waals surface area contributed by atoms with Gasteiger partial charge in [0.05, 0.1) is 13.7 Å². The first-order chi connectivity index (χ1) is 13.6. The van der Waals surface area contributed by atoms with Gasteiger partial charge in [-0.05, 0) is 36.2 Å². The molecule has 2 aromatic carbocycles. The molecule has 0 unspecified atom stereocenters. The normalized spacial score (nSPS) is 10.0. The fourth-order valence-corrected chi connectivity index (χ4v) is 2.42. The summed E-state index contributed by atoms with van der Waals surface area (Å²) >= 11 is 0. The van der Waals surface area contributed by atoms with Crippen molar-refractivity contribution in [3.8, 4) is 5.75 Å². The van der Waals surface area contributed by atoms with Gasteiger partial charge in [0.1, 0.15) is 5.75 Å². The van der Waals surface area contributed by atoms with Crippen LogP contribution in [0.25, 0.3) is 0 Å². The van der Waals surface area contributed by atoms with Crippen molar-refractivity contribution >= 4 is 17.7 Å². The van der Waals surface area contributed by atoms with Crippen molar-refractivity contribution in [1.29, 1.82) is 0 Å². The fraction of sp³-hybridized carbons (Fsp3) is 0.286. The number of carbonyl (C=O) groups is 3. The van der Waals surface area contributed by atoms with Crippen LogP contribution < -0.4 is 20.7 Å². The maximum Gasteiger partial charge on any atom is 0.251 e. The summed E-state index contributed by atoms with van der Waals surface area (Å²) < 4.78 is 5.08. The third-order valence-corrected chi connectivity index (χ3v) is 4.00. The minimum absolute atomic E-state index is 0.0780. The Morgan fingerprint density at radius 1 is 0.857 bits per heavy atom. The Hall–Kier alpha value is -3.35. The van der Waals surface area contributed by atoms with Crippen molar-refractivity contribution in [2.45, 2.75) is 19.4 Å². The van der Waals surface area contributed by atoms with Crippen molar-refractivity contribution < 1.29 is 19.1 Å². The van der Waals surface area contributed by atoms with Gasteiger partial charge in [0.15, 0.2) is 0 Å². The van der Waals surface area contributed by atoms with Gasteiger partial charge in [-0.15, -0.1) is 0 Å². The van der Waals surface area contributed by atoms with Gasteiger partial charge in [0, 0.05) is 25.1 Å². The van der Waals surface area contributed by atoms with Crippen LogP contribution in [0, 0.1) is 0 Å². The summed E-state index contributed by atoms with van der Waals surface area (Å²) in [6.45, 7) is 0.695. The number of nitrogens with one attached hydrogen (secondary N) is 3. The lowest BCUT2D eigenvalue weighted by Crippen LogP contribution is -2.36. The highest BCUT2D eigenvalue weighted by atomic mass is 16.5. The predicted molar refractivity (Wildman–Crippen MR) is 106 cm³/mol. The van der Waals surface area contributed by atoms with Gasteiger partial charge in [0.25, 0.3) is 5.91 Å². The lowest BCUT2D eigenvalue weighted by Gasteiger charge is -2.08. The van der Waals surface area contributed by atoms with E-state index in [0.29, 0.717) is 25.1 Å². The highest BCUT2D eigenvalue weighted by Crippen LogP contribution is 2.10. The molecule has 7 nitrogen and oxygen atoms in total.